The third-order valence-electron chi connectivity index (χ3n) is 4.72. The number of thioether (sulfide) groups is 1. The van der Waals surface area contributed by atoms with Crippen LogP contribution in [-0.4, -0.2) is 47.9 Å². The van der Waals surface area contributed by atoms with E-state index < -0.39 is 47.8 Å². The van der Waals surface area contributed by atoms with E-state index in [-0.39, 0.29) is 0 Å². The average Bonchev–Trinajstić information content (AvgIpc) is 2.69. The van der Waals surface area contributed by atoms with E-state index in [9.17, 15) is 14.4 Å². The number of halogens is 1. The number of carbonyl (C=O) groups excluding carboxylic acids is 3. The molecule has 30 heavy (non-hydrogen) atoms. The lowest BCUT2D eigenvalue weighted by Gasteiger charge is -2.44. The fourth-order valence-electron chi connectivity index (χ4n) is 3.52. The van der Waals surface area contributed by atoms with E-state index in [1.807, 2.05) is 18.2 Å². The molecule has 0 aromatic heterocycles. The number of alkyl halides is 1. The van der Waals surface area contributed by atoms with Gasteiger partial charge in [0.15, 0.2) is 18.3 Å². The van der Waals surface area contributed by atoms with Gasteiger partial charge in [-0.15, -0.1) is 11.8 Å². The van der Waals surface area contributed by atoms with Gasteiger partial charge in [-0.3, -0.25) is 14.4 Å². The molecule has 0 saturated carbocycles. The van der Waals surface area contributed by atoms with E-state index in [2.05, 4.69) is 22.9 Å². The van der Waals surface area contributed by atoms with Crippen LogP contribution >= 0.6 is 27.7 Å². The third kappa shape index (κ3) is 5.98. The molecule has 5 atom stereocenters. The minimum Gasteiger partial charge on any atom is -0.455 e. The highest BCUT2D eigenvalue weighted by molar-refractivity contribution is 9.08. The SMILES string of the molecule is CCc1ccc([C@@H]2O[C@H](SC)[C@@H](OC(C)=O)[C@H](OC(C)=O)[C@H]2OC(C)=O)cc1CBr. The summed E-state index contributed by atoms with van der Waals surface area (Å²) >= 11 is 4.84. The van der Waals surface area contributed by atoms with Crippen LogP contribution in [0.25, 0.3) is 0 Å². The van der Waals surface area contributed by atoms with Crippen molar-refractivity contribution in [3.63, 3.8) is 0 Å². The second-order valence-corrected chi connectivity index (χ2v) is 8.40. The Kier molecular flexibility index (Phi) is 9.18. The molecule has 1 heterocycles. The number of hydrogen-bond acceptors (Lipinski definition) is 8. The second-order valence-electron chi connectivity index (χ2n) is 6.90. The highest BCUT2D eigenvalue weighted by Gasteiger charge is 2.52. The fraction of sp³-hybridized carbons (Fsp3) is 0.571. The van der Waals surface area contributed by atoms with Gasteiger partial charge in [0.05, 0.1) is 0 Å². The molecule has 9 heteroatoms. The molecule has 1 aliphatic rings. The monoisotopic (exact) mass is 502 g/mol. The molecule has 0 radical (unpaired) electrons. The summed E-state index contributed by atoms with van der Waals surface area (Å²) in [6.45, 7) is 5.87. The van der Waals surface area contributed by atoms with Gasteiger partial charge in [-0.1, -0.05) is 41.1 Å². The molecule has 166 valence electrons. The Morgan fingerprint density at radius 1 is 0.967 bits per heavy atom. The van der Waals surface area contributed by atoms with E-state index in [4.69, 9.17) is 18.9 Å². The summed E-state index contributed by atoms with van der Waals surface area (Å²) < 4.78 is 22.7. The Balaban J connectivity index is 2.55. The molecule has 0 unspecified atom stereocenters. The van der Waals surface area contributed by atoms with Crippen molar-refractivity contribution in [1.82, 2.24) is 0 Å². The zero-order valence-corrected chi connectivity index (χ0v) is 20.1. The Hall–Kier alpha value is -1.58. The van der Waals surface area contributed by atoms with Gasteiger partial charge in [-0.25, -0.2) is 0 Å². The zero-order valence-electron chi connectivity index (χ0n) is 17.7. The van der Waals surface area contributed by atoms with Gasteiger partial charge in [0, 0.05) is 26.1 Å². The maximum absolute atomic E-state index is 11.9. The van der Waals surface area contributed by atoms with Crippen LogP contribution in [0, 0.1) is 0 Å². The van der Waals surface area contributed by atoms with Crippen molar-refractivity contribution in [1.29, 1.82) is 0 Å². The highest BCUT2D eigenvalue weighted by Crippen LogP contribution is 2.40. The number of hydrogen-bond donors (Lipinski definition) is 0. The molecule has 7 nitrogen and oxygen atoms in total. The Labute approximate surface area is 189 Å². The first-order chi connectivity index (χ1) is 14.2. The minimum atomic E-state index is -1.01. The lowest BCUT2D eigenvalue weighted by Crippen LogP contribution is -2.57. The van der Waals surface area contributed by atoms with Crippen LogP contribution in [0.5, 0.6) is 0 Å². The van der Waals surface area contributed by atoms with E-state index in [1.165, 1.54) is 38.1 Å². The van der Waals surface area contributed by atoms with Crippen LogP contribution in [0.4, 0.5) is 0 Å². The Bertz CT molecular complexity index is 785. The molecule has 0 aliphatic carbocycles. The topological polar surface area (TPSA) is 88.1 Å². The van der Waals surface area contributed by atoms with Crippen molar-refractivity contribution in [2.24, 2.45) is 0 Å². The van der Waals surface area contributed by atoms with Crippen molar-refractivity contribution in [2.75, 3.05) is 6.26 Å². The number of carbonyl (C=O) groups is 3. The summed E-state index contributed by atoms with van der Waals surface area (Å²) in [5, 5.41) is 0.657. The first-order valence-corrected chi connectivity index (χ1v) is 12.0. The molecule has 0 bridgehead atoms. The van der Waals surface area contributed by atoms with Crippen molar-refractivity contribution in [3.8, 4) is 0 Å². The lowest BCUT2D eigenvalue weighted by atomic mass is 9.91. The van der Waals surface area contributed by atoms with Crippen LogP contribution in [-0.2, 0) is 45.1 Å². The average molecular weight is 503 g/mol. The van der Waals surface area contributed by atoms with Crippen LogP contribution in [0.1, 0.15) is 50.5 Å². The predicted octanol–water partition coefficient (Wildman–Crippen LogP) is 3.70. The minimum absolute atomic E-state index is 0.547. The molecule has 0 spiro atoms. The van der Waals surface area contributed by atoms with Gasteiger partial charge in [-0.05, 0) is 29.4 Å². The molecule has 1 aliphatic heterocycles. The van der Waals surface area contributed by atoms with Crippen molar-refractivity contribution >= 4 is 45.6 Å². The Morgan fingerprint density at radius 3 is 2.03 bits per heavy atom. The van der Waals surface area contributed by atoms with Gasteiger partial charge in [0.2, 0.25) is 0 Å². The van der Waals surface area contributed by atoms with Crippen LogP contribution in [0.2, 0.25) is 0 Å². The third-order valence-corrected chi connectivity index (χ3v) is 6.17. The normalized spacial score (nSPS) is 26.0. The molecule has 1 aromatic carbocycles. The summed E-state index contributed by atoms with van der Waals surface area (Å²) in [6.07, 6.45) is -0.935. The molecule has 1 fully saturated rings. The summed E-state index contributed by atoms with van der Waals surface area (Å²) in [4.78, 5) is 35.4. The zero-order chi connectivity index (χ0) is 22.4. The fourth-order valence-corrected chi connectivity index (χ4v) is 4.76. The number of esters is 3. The van der Waals surface area contributed by atoms with Gasteiger partial charge < -0.3 is 18.9 Å². The first kappa shape index (κ1) is 24.7. The largest absolute Gasteiger partial charge is 0.455 e. The molecule has 0 N–H and O–H groups in total. The molecule has 2 rings (SSSR count). The number of ether oxygens (including phenoxy) is 4. The molecular formula is C21H27BrO7S. The number of aryl methyl sites for hydroxylation is 1. The van der Waals surface area contributed by atoms with Crippen LogP contribution in [0.15, 0.2) is 18.2 Å². The number of benzene rings is 1. The maximum Gasteiger partial charge on any atom is 0.303 e. The summed E-state index contributed by atoms with van der Waals surface area (Å²) in [5.74, 6) is -1.67. The van der Waals surface area contributed by atoms with Crippen molar-refractivity contribution in [3.05, 3.63) is 34.9 Å². The molecule has 1 aromatic rings. The number of rotatable bonds is 7. The first-order valence-electron chi connectivity index (χ1n) is 9.59. The van der Waals surface area contributed by atoms with E-state index in [0.29, 0.717) is 5.33 Å². The quantitative estimate of drug-likeness (QED) is 0.316. The highest BCUT2D eigenvalue weighted by atomic mass is 79.9. The van der Waals surface area contributed by atoms with Gasteiger partial charge in [0.1, 0.15) is 11.5 Å². The van der Waals surface area contributed by atoms with E-state index in [1.54, 1.807) is 6.26 Å². The van der Waals surface area contributed by atoms with E-state index in [0.717, 1.165) is 17.5 Å². The van der Waals surface area contributed by atoms with Gasteiger partial charge in [0.25, 0.3) is 0 Å². The van der Waals surface area contributed by atoms with Crippen molar-refractivity contribution in [2.45, 2.75) is 69.3 Å². The van der Waals surface area contributed by atoms with Crippen molar-refractivity contribution < 1.29 is 33.3 Å². The van der Waals surface area contributed by atoms with E-state index >= 15 is 0 Å². The molecule has 1 saturated heterocycles. The maximum atomic E-state index is 11.9. The molecule has 0 amide bonds. The lowest BCUT2D eigenvalue weighted by molar-refractivity contribution is -0.233. The standard InChI is InChI=1S/C21H27BrO7S/c1-6-14-7-8-15(9-16(14)10-22)17-18(26-11(2)23)19(27-12(3)24)20(28-13(4)25)21(29-17)30-5/h7-9,17-21H,6,10H2,1-5H3/t17-,18-,19+,20-,21+/m0/s1. The summed E-state index contributed by atoms with van der Waals surface area (Å²) in [5.41, 5.74) is 2.44. The predicted molar refractivity (Wildman–Crippen MR) is 116 cm³/mol. The molecular weight excluding hydrogens is 476 g/mol. The van der Waals surface area contributed by atoms with Gasteiger partial charge >= 0.3 is 17.9 Å². The van der Waals surface area contributed by atoms with Crippen LogP contribution < -0.4 is 0 Å². The summed E-state index contributed by atoms with van der Waals surface area (Å²) in [7, 11) is 0. The second kappa shape index (κ2) is 11.2. The smallest absolute Gasteiger partial charge is 0.303 e. The summed E-state index contributed by atoms with van der Waals surface area (Å²) in [6, 6.07) is 5.91. The van der Waals surface area contributed by atoms with Gasteiger partial charge in [-0.2, -0.15) is 0 Å². The van der Waals surface area contributed by atoms with Crippen LogP contribution in [0.3, 0.4) is 0 Å². The Morgan fingerprint density at radius 2 is 1.53 bits per heavy atom.